The molecule has 58 valence electrons. The van der Waals surface area contributed by atoms with Crippen LogP contribution in [0.2, 0.25) is 0 Å². The van der Waals surface area contributed by atoms with Gasteiger partial charge >= 0.3 is 5.97 Å². The van der Waals surface area contributed by atoms with Crippen LogP contribution in [0.25, 0.3) is 0 Å². The maximum atomic E-state index is 10.1. The molecule has 1 atom stereocenters. The highest BCUT2D eigenvalue weighted by atomic mass is 16.4. The van der Waals surface area contributed by atoms with Crippen LogP contribution in [-0.4, -0.2) is 23.3 Å². The molecule has 0 aliphatic rings. The minimum absolute atomic E-state index is 0.0867. The zero-order valence-electron chi connectivity index (χ0n) is 5.92. The van der Waals surface area contributed by atoms with Crippen LogP contribution in [0, 0.1) is 11.3 Å². The van der Waals surface area contributed by atoms with Gasteiger partial charge in [-0.3, -0.25) is 5.41 Å². The fraction of sp³-hybridized carbons (Fsp3) is 0.667. The van der Waals surface area contributed by atoms with Crippen molar-refractivity contribution >= 4 is 11.7 Å². The molecule has 4 nitrogen and oxygen atoms in total. The highest BCUT2D eigenvalue weighted by Crippen LogP contribution is 1.99. The Balaban J connectivity index is 3.68. The van der Waals surface area contributed by atoms with Gasteiger partial charge in [0.05, 0.1) is 0 Å². The summed E-state index contributed by atoms with van der Waals surface area (Å²) in [6, 6.07) is 0. The van der Waals surface area contributed by atoms with Gasteiger partial charge in [-0.05, 0) is 12.5 Å². The van der Waals surface area contributed by atoms with Crippen LogP contribution < -0.4 is 5.73 Å². The minimum Gasteiger partial charge on any atom is -0.477 e. The molecule has 0 bridgehead atoms. The van der Waals surface area contributed by atoms with Gasteiger partial charge < -0.3 is 10.8 Å². The van der Waals surface area contributed by atoms with Gasteiger partial charge in [-0.25, -0.2) is 4.79 Å². The number of nitrogens with one attached hydrogen (secondary N) is 1. The number of rotatable bonds is 4. The van der Waals surface area contributed by atoms with E-state index in [1.807, 2.05) is 6.92 Å². The minimum atomic E-state index is -1.15. The highest BCUT2D eigenvalue weighted by molar-refractivity contribution is 6.34. The van der Waals surface area contributed by atoms with E-state index >= 15 is 0 Å². The Morgan fingerprint density at radius 1 is 1.80 bits per heavy atom. The van der Waals surface area contributed by atoms with Crippen molar-refractivity contribution in [1.29, 1.82) is 5.41 Å². The Morgan fingerprint density at radius 2 is 2.30 bits per heavy atom. The van der Waals surface area contributed by atoms with Gasteiger partial charge in [-0.1, -0.05) is 6.92 Å². The summed E-state index contributed by atoms with van der Waals surface area (Å²) >= 11 is 0. The zero-order chi connectivity index (χ0) is 8.15. The molecule has 0 heterocycles. The normalized spacial score (nSPS) is 12.6. The van der Waals surface area contributed by atoms with Crippen LogP contribution in [0.4, 0.5) is 0 Å². The molecule has 0 aromatic heterocycles. The molecule has 1 unspecified atom stereocenters. The van der Waals surface area contributed by atoms with Crippen LogP contribution >= 0.6 is 0 Å². The molecule has 0 fully saturated rings. The van der Waals surface area contributed by atoms with E-state index in [0.29, 0.717) is 6.54 Å². The van der Waals surface area contributed by atoms with E-state index in [1.165, 1.54) is 0 Å². The van der Waals surface area contributed by atoms with Crippen molar-refractivity contribution in [1.82, 2.24) is 0 Å². The van der Waals surface area contributed by atoms with Crippen LogP contribution in [0.1, 0.15) is 13.3 Å². The summed E-state index contributed by atoms with van der Waals surface area (Å²) < 4.78 is 0. The van der Waals surface area contributed by atoms with Crippen molar-refractivity contribution in [3.05, 3.63) is 0 Å². The molecule has 0 amide bonds. The molecule has 0 saturated carbocycles. The molecule has 0 aliphatic carbocycles. The van der Waals surface area contributed by atoms with E-state index in [2.05, 4.69) is 0 Å². The first-order valence-electron chi connectivity index (χ1n) is 3.08. The Kier molecular flexibility index (Phi) is 3.64. The molecular weight excluding hydrogens is 132 g/mol. The Hall–Kier alpha value is -0.900. The lowest BCUT2D eigenvalue weighted by molar-refractivity contribution is -0.129. The number of carbonyl (C=O) groups is 1. The lowest BCUT2D eigenvalue weighted by atomic mass is 10.1. The monoisotopic (exact) mass is 144 g/mol. The molecule has 0 rings (SSSR count). The molecule has 0 spiro atoms. The molecular formula is C6H12N2O2. The Labute approximate surface area is 59.5 Å². The van der Waals surface area contributed by atoms with Gasteiger partial charge in [0.25, 0.3) is 0 Å². The van der Waals surface area contributed by atoms with Crippen LogP contribution in [0.3, 0.4) is 0 Å². The summed E-state index contributed by atoms with van der Waals surface area (Å²) in [4.78, 5) is 10.1. The van der Waals surface area contributed by atoms with E-state index in [1.54, 1.807) is 0 Å². The van der Waals surface area contributed by atoms with Crippen molar-refractivity contribution in [2.24, 2.45) is 11.7 Å². The highest BCUT2D eigenvalue weighted by Gasteiger charge is 2.09. The maximum absolute atomic E-state index is 10.1. The van der Waals surface area contributed by atoms with Gasteiger partial charge in [0.15, 0.2) is 0 Å². The number of nitrogens with two attached hydrogens (primary N) is 1. The second-order valence-corrected chi connectivity index (χ2v) is 2.33. The van der Waals surface area contributed by atoms with E-state index in [4.69, 9.17) is 16.2 Å². The van der Waals surface area contributed by atoms with Crippen molar-refractivity contribution < 1.29 is 9.90 Å². The molecule has 4 N–H and O–H groups in total. The smallest absolute Gasteiger partial charge is 0.349 e. The van der Waals surface area contributed by atoms with E-state index < -0.39 is 5.97 Å². The average Bonchev–Trinajstić information content (AvgIpc) is 1.87. The van der Waals surface area contributed by atoms with Crippen molar-refractivity contribution in [2.45, 2.75) is 13.3 Å². The summed E-state index contributed by atoms with van der Waals surface area (Å²) in [6.07, 6.45) is 0.256. The van der Waals surface area contributed by atoms with Gasteiger partial charge in [0.1, 0.15) is 5.71 Å². The third-order valence-electron chi connectivity index (χ3n) is 1.21. The van der Waals surface area contributed by atoms with Crippen LogP contribution in [-0.2, 0) is 4.79 Å². The predicted molar refractivity (Wildman–Crippen MR) is 38.2 cm³/mol. The van der Waals surface area contributed by atoms with Gasteiger partial charge in [-0.2, -0.15) is 0 Å². The molecule has 0 saturated heterocycles. The quantitative estimate of drug-likeness (QED) is 0.488. The summed E-state index contributed by atoms with van der Waals surface area (Å²) in [7, 11) is 0. The second-order valence-electron chi connectivity index (χ2n) is 2.33. The zero-order valence-corrected chi connectivity index (χ0v) is 5.92. The van der Waals surface area contributed by atoms with Crippen molar-refractivity contribution in [3.63, 3.8) is 0 Å². The number of carboxylic acid groups (broad SMARTS) is 1. The number of hydrogen-bond acceptors (Lipinski definition) is 3. The fourth-order valence-corrected chi connectivity index (χ4v) is 0.519. The van der Waals surface area contributed by atoms with Crippen molar-refractivity contribution in [2.75, 3.05) is 6.54 Å². The second kappa shape index (κ2) is 4.00. The standard InChI is InChI=1S/C6H12N2O2/c1-4(3-7)2-5(8)6(9)10/h4,8H,2-3,7H2,1H3,(H,9,10). The number of carboxylic acids is 1. The first-order valence-corrected chi connectivity index (χ1v) is 3.08. The molecule has 4 heteroatoms. The largest absolute Gasteiger partial charge is 0.477 e. The first kappa shape index (κ1) is 9.10. The molecule has 0 aliphatic heterocycles. The van der Waals surface area contributed by atoms with Crippen LogP contribution in [0.15, 0.2) is 0 Å². The molecule has 0 aromatic carbocycles. The summed E-state index contributed by atoms with van der Waals surface area (Å²) in [5, 5.41) is 15.2. The fourth-order valence-electron chi connectivity index (χ4n) is 0.519. The lowest BCUT2D eigenvalue weighted by Gasteiger charge is -2.04. The van der Waals surface area contributed by atoms with Gasteiger partial charge in [-0.15, -0.1) is 0 Å². The topological polar surface area (TPSA) is 87.2 Å². The van der Waals surface area contributed by atoms with Gasteiger partial charge in [0, 0.05) is 6.42 Å². The van der Waals surface area contributed by atoms with E-state index in [9.17, 15) is 4.79 Å². The Bertz CT molecular complexity index is 145. The predicted octanol–water partition coefficient (Wildman–Crippen LogP) is 0.0757. The molecule has 10 heavy (non-hydrogen) atoms. The summed E-state index contributed by atoms with van der Waals surface area (Å²) in [6.45, 7) is 2.24. The van der Waals surface area contributed by atoms with E-state index in [0.717, 1.165) is 0 Å². The number of aliphatic carboxylic acids is 1. The molecule has 0 radical (unpaired) electrons. The number of hydrogen-bond donors (Lipinski definition) is 3. The Morgan fingerprint density at radius 3 is 2.60 bits per heavy atom. The van der Waals surface area contributed by atoms with E-state index in [-0.39, 0.29) is 18.1 Å². The third-order valence-corrected chi connectivity index (χ3v) is 1.21. The third kappa shape index (κ3) is 3.19. The maximum Gasteiger partial charge on any atom is 0.349 e. The lowest BCUT2D eigenvalue weighted by Crippen LogP contribution is -2.19. The van der Waals surface area contributed by atoms with Crippen LogP contribution in [0.5, 0.6) is 0 Å². The summed E-state index contributed by atoms with van der Waals surface area (Å²) in [5.74, 6) is -1.07. The average molecular weight is 144 g/mol. The molecule has 0 aromatic rings. The van der Waals surface area contributed by atoms with Crippen molar-refractivity contribution in [3.8, 4) is 0 Å². The summed E-state index contributed by atoms with van der Waals surface area (Å²) in [5.41, 5.74) is 4.97. The first-order chi connectivity index (χ1) is 4.57. The SMILES string of the molecule is CC(CN)CC(=N)C(=O)O. The van der Waals surface area contributed by atoms with Gasteiger partial charge in [0.2, 0.25) is 0 Å².